The van der Waals surface area contributed by atoms with Gasteiger partial charge in [-0.1, -0.05) is 13.3 Å². The van der Waals surface area contributed by atoms with Crippen LogP contribution in [0.2, 0.25) is 0 Å². The van der Waals surface area contributed by atoms with Gasteiger partial charge in [-0.3, -0.25) is 4.57 Å². The van der Waals surface area contributed by atoms with Crippen LogP contribution < -0.4 is 0 Å². The van der Waals surface area contributed by atoms with Crippen molar-refractivity contribution in [2.24, 2.45) is 5.92 Å². The van der Waals surface area contributed by atoms with Gasteiger partial charge in [0.1, 0.15) is 5.92 Å². The van der Waals surface area contributed by atoms with Gasteiger partial charge >= 0.3 is 7.60 Å². The summed E-state index contributed by atoms with van der Waals surface area (Å²) in [5, 5.41) is 17.8. The molecule has 0 aromatic carbocycles. The Morgan fingerprint density at radius 1 is 1.12 bits per heavy atom. The molecule has 0 aliphatic carbocycles. The van der Waals surface area contributed by atoms with E-state index in [2.05, 4.69) is 0 Å². The summed E-state index contributed by atoms with van der Waals surface area (Å²) in [6, 6.07) is 3.73. The van der Waals surface area contributed by atoms with Gasteiger partial charge < -0.3 is 9.05 Å². The molecule has 0 fully saturated rings. The van der Waals surface area contributed by atoms with Crippen molar-refractivity contribution >= 4 is 7.60 Å². The Kier molecular flexibility index (Phi) is 7.83. The molecule has 0 saturated heterocycles. The predicted molar refractivity (Wildman–Crippen MR) is 64.3 cm³/mol. The molecule has 0 aliphatic rings. The second kappa shape index (κ2) is 8.25. The van der Waals surface area contributed by atoms with Gasteiger partial charge in [0.15, 0.2) is 0 Å². The van der Waals surface area contributed by atoms with E-state index in [1.165, 1.54) is 0 Å². The molecule has 0 unspecified atom stereocenters. The Morgan fingerprint density at radius 2 is 1.59 bits per heavy atom. The zero-order valence-corrected chi connectivity index (χ0v) is 11.4. The monoisotopic (exact) mass is 258 g/mol. The third kappa shape index (κ3) is 4.48. The third-order valence-corrected chi connectivity index (χ3v) is 4.88. The minimum Gasteiger partial charge on any atom is -0.309 e. The average Bonchev–Trinajstić information content (AvgIpc) is 2.30. The molecule has 6 heteroatoms. The van der Waals surface area contributed by atoms with Crippen molar-refractivity contribution in [3.05, 3.63) is 0 Å². The van der Waals surface area contributed by atoms with Crippen LogP contribution >= 0.6 is 7.60 Å². The molecule has 0 bridgehead atoms. The fourth-order valence-corrected chi connectivity index (χ4v) is 3.84. The first-order chi connectivity index (χ1) is 8.09. The van der Waals surface area contributed by atoms with E-state index in [-0.39, 0.29) is 13.2 Å². The van der Waals surface area contributed by atoms with E-state index in [4.69, 9.17) is 19.6 Å². The summed E-state index contributed by atoms with van der Waals surface area (Å²) in [5.74, 6) is -0.959. The zero-order chi connectivity index (χ0) is 13.3. The van der Waals surface area contributed by atoms with Gasteiger partial charge in [0.2, 0.25) is 0 Å². The Balaban J connectivity index is 5.17. The molecule has 0 saturated carbocycles. The van der Waals surface area contributed by atoms with Crippen molar-refractivity contribution in [2.45, 2.75) is 39.3 Å². The normalized spacial score (nSPS) is 13.1. The van der Waals surface area contributed by atoms with Gasteiger partial charge in [-0.15, -0.1) is 0 Å². The molecule has 0 rings (SSSR count). The zero-order valence-electron chi connectivity index (χ0n) is 10.5. The van der Waals surface area contributed by atoms with Crippen molar-refractivity contribution in [1.29, 1.82) is 10.5 Å². The summed E-state index contributed by atoms with van der Waals surface area (Å²) in [6.07, 6.45) is 1.19. The van der Waals surface area contributed by atoms with E-state index in [9.17, 15) is 4.57 Å². The van der Waals surface area contributed by atoms with Crippen molar-refractivity contribution in [2.75, 3.05) is 13.2 Å². The Morgan fingerprint density at radius 3 is 1.88 bits per heavy atom. The van der Waals surface area contributed by atoms with E-state index >= 15 is 0 Å². The maximum atomic E-state index is 12.5. The van der Waals surface area contributed by atoms with Crippen molar-refractivity contribution in [3.63, 3.8) is 0 Å². The predicted octanol–water partition coefficient (Wildman–Crippen LogP) is 3.08. The van der Waals surface area contributed by atoms with E-state index < -0.39 is 19.2 Å². The van der Waals surface area contributed by atoms with Crippen LogP contribution in [0.25, 0.3) is 0 Å². The largest absolute Gasteiger partial charge is 0.336 e. The van der Waals surface area contributed by atoms with Gasteiger partial charge in [-0.25, -0.2) is 0 Å². The van der Waals surface area contributed by atoms with Crippen molar-refractivity contribution in [1.82, 2.24) is 0 Å². The van der Waals surface area contributed by atoms with Crippen molar-refractivity contribution in [3.8, 4) is 12.1 Å². The first-order valence-corrected chi connectivity index (χ1v) is 7.38. The van der Waals surface area contributed by atoms with E-state index in [0.29, 0.717) is 12.8 Å². The number of nitriles is 2. The fraction of sp³-hybridized carbons (Fsp3) is 0.818. The Bertz CT molecular complexity index is 322. The summed E-state index contributed by atoms with van der Waals surface area (Å²) in [4.78, 5) is 0. The quantitative estimate of drug-likeness (QED) is 0.624. The lowest BCUT2D eigenvalue weighted by molar-refractivity contribution is 0.207. The number of rotatable bonds is 8. The summed E-state index contributed by atoms with van der Waals surface area (Å²) >= 11 is 0. The van der Waals surface area contributed by atoms with Crippen LogP contribution in [0.3, 0.4) is 0 Å². The first kappa shape index (κ1) is 16.1. The SMILES string of the molecule is CCC[C@H](C(C#N)C#N)P(=O)(OCC)OCC. The molecule has 0 spiro atoms. The van der Waals surface area contributed by atoms with Crippen LogP contribution in [-0.4, -0.2) is 18.9 Å². The smallest absolute Gasteiger partial charge is 0.309 e. The summed E-state index contributed by atoms with van der Waals surface area (Å²) in [7, 11) is -3.38. The van der Waals surface area contributed by atoms with Gasteiger partial charge in [0.05, 0.1) is 31.0 Å². The number of hydrogen-bond donors (Lipinski definition) is 0. The molecule has 0 heterocycles. The van der Waals surface area contributed by atoms with Crippen LogP contribution in [0, 0.1) is 28.6 Å². The highest BCUT2D eigenvalue weighted by Crippen LogP contribution is 2.56. The third-order valence-electron chi connectivity index (χ3n) is 2.27. The molecule has 0 radical (unpaired) electrons. The topological polar surface area (TPSA) is 83.1 Å². The van der Waals surface area contributed by atoms with Crippen LogP contribution in [0.1, 0.15) is 33.6 Å². The van der Waals surface area contributed by atoms with Crippen LogP contribution in [0.15, 0.2) is 0 Å². The maximum absolute atomic E-state index is 12.5. The lowest BCUT2D eigenvalue weighted by atomic mass is 10.1. The van der Waals surface area contributed by atoms with Crippen LogP contribution in [0.4, 0.5) is 0 Å². The fourth-order valence-electron chi connectivity index (χ4n) is 1.59. The molecule has 0 aromatic heterocycles. The highest BCUT2D eigenvalue weighted by Gasteiger charge is 2.40. The molecule has 96 valence electrons. The number of nitrogens with zero attached hydrogens (tertiary/aromatic N) is 2. The molecule has 0 N–H and O–H groups in total. The molecule has 0 amide bonds. The van der Waals surface area contributed by atoms with Gasteiger partial charge in [-0.05, 0) is 20.3 Å². The van der Waals surface area contributed by atoms with E-state index in [1.807, 2.05) is 19.1 Å². The van der Waals surface area contributed by atoms with Crippen LogP contribution in [-0.2, 0) is 13.6 Å². The van der Waals surface area contributed by atoms with Gasteiger partial charge in [0, 0.05) is 0 Å². The molecule has 1 atom stereocenters. The molecule has 0 aliphatic heterocycles. The van der Waals surface area contributed by atoms with Crippen LogP contribution in [0.5, 0.6) is 0 Å². The van der Waals surface area contributed by atoms with E-state index in [0.717, 1.165) is 0 Å². The minimum atomic E-state index is -3.38. The Hall–Kier alpha value is -0.870. The molecule has 0 aromatic rings. The van der Waals surface area contributed by atoms with Crippen molar-refractivity contribution < 1.29 is 13.6 Å². The highest BCUT2D eigenvalue weighted by molar-refractivity contribution is 7.54. The second-order valence-corrected chi connectivity index (χ2v) is 5.73. The maximum Gasteiger partial charge on any atom is 0.336 e. The lowest BCUT2D eigenvalue weighted by Gasteiger charge is -2.26. The molecule has 5 nitrogen and oxygen atoms in total. The average molecular weight is 258 g/mol. The highest BCUT2D eigenvalue weighted by atomic mass is 31.2. The van der Waals surface area contributed by atoms with E-state index in [1.54, 1.807) is 13.8 Å². The van der Waals surface area contributed by atoms with Gasteiger partial charge in [-0.2, -0.15) is 10.5 Å². The minimum absolute atomic E-state index is 0.237. The molecular weight excluding hydrogens is 239 g/mol. The Labute approximate surface area is 103 Å². The lowest BCUT2D eigenvalue weighted by Crippen LogP contribution is -2.21. The van der Waals surface area contributed by atoms with Gasteiger partial charge in [0.25, 0.3) is 0 Å². The second-order valence-electron chi connectivity index (χ2n) is 3.47. The first-order valence-electron chi connectivity index (χ1n) is 5.77. The molecular formula is C11H19N2O3P. The summed E-state index contributed by atoms with van der Waals surface area (Å²) in [6.45, 7) is 5.80. The standard InChI is InChI=1S/C11H19N2O3P/c1-4-7-11(10(8-12)9-13)17(14,15-5-2)16-6-3/h10-11H,4-7H2,1-3H3/t11-/m1/s1. The summed E-state index contributed by atoms with van der Waals surface area (Å²) < 4.78 is 22.9. The molecule has 17 heavy (non-hydrogen) atoms. The summed E-state index contributed by atoms with van der Waals surface area (Å²) in [5.41, 5.74) is -0.664. The number of hydrogen-bond acceptors (Lipinski definition) is 5.